The van der Waals surface area contributed by atoms with E-state index in [1.165, 1.54) is 30.1 Å². The number of hydrogen-bond acceptors (Lipinski definition) is 10. The average Bonchev–Trinajstić information content (AvgIpc) is 3.44. The van der Waals surface area contributed by atoms with Crippen molar-refractivity contribution in [3.8, 4) is 17.2 Å². The first-order valence-corrected chi connectivity index (χ1v) is 16.8. The molecular formula is C36H34ClN3O8S. The molecule has 0 spiro atoms. The molecule has 1 atom stereocenters. The molecule has 4 aromatic rings. The molecule has 2 aliphatic rings. The van der Waals surface area contributed by atoms with Gasteiger partial charge in [0, 0.05) is 29.2 Å². The van der Waals surface area contributed by atoms with E-state index in [2.05, 4.69) is 0 Å². The molecule has 1 aromatic heterocycles. The maximum atomic E-state index is 14.3. The van der Waals surface area contributed by atoms with Crippen LogP contribution in [0.25, 0.3) is 11.8 Å². The lowest BCUT2D eigenvalue weighted by Crippen LogP contribution is -2.43. The van der Waals surface area contributed by atoms with Gasteiger partial charge in [0.05, 0.1) is 49.8 Å². The van der Waals surface area contributed by atoms with Crippen molar-refractivity contribution < 1.29 is 33.3 Å². The Bertz CT molecular complexity index is 2090. The molecule has 0 radical (unpaired) electrons. The van der Waals surface area contributed by atoms with Gasteiger partial charge in [-0.05, 0) is 48.9 Å². The summed E-state index contributed by atoms with van der Waals surface area (Å²) in [7, 11) is 3.02. The smallest absolute Gasteiger partial charge is 0.338 e. The van der Waals surface area contributed by atoms with E-state index >= 15 is 0 Å². The maximum absolute atomic E-state index is 14.3. The number of fused-ring (bicyclic) bond motifs is 1. The third-order valence-corrected chi connectivity index (χ3v) is 9.28. The van der Waals surface area contributed by atoms with Crippen LogP contribution in [0.4, 0.5) is 0 Å². The van der Waals surface area contributed by atoms with Crippen molar-refractivity contribution in [1.82, 2.24) is 9.47 Å². The Morgan fingerprint density at radius 2 is 1.73 bits per heavy atom. The van der Waals surface area contributed by atoms with Crippen molar-refractivity contribution in [3.63, 3.8) is 0 Å². The second-order valence-corrected chi connectivity index (χ2v) is 12.5. The number of aromatic nitrogens is 1. The van der Waals surface area contributed by atoms with Gasteiger partial charge in [0.2, 0.25) is 0 Å². The van der Waals surface area contributed by atoms with E-state index in [9.17, 15) is 14.4 Å². The van der Waals surface area contributed by atoms with Gasteiger partial charge in [-0.2, -0.15) is 0 Å². The van der Waals surface area contributed by atoms with Crippen LogP contribution < -0.4 is 29.1 Å². The molecule has 11 nitrogen and oxygen atoms in total. The first-order chi connectivity index (χ1) is 23.8. The number of esters is 1. The van der Waals surface area contributed by atoms with Gasteiger partial charge in [0.15, 0.2) is 22.9 Å². The van der Waals surface area contributed by atoms with Crippen molar-refractivity contribution in [1.29, 1.82) is 0 Å². The van der Waals surface area contributed by atoms with Gasteiger partial charge in [-0.3, -0.25) is 14.2 Å². The summed E-state index contributed by atoms with van der Waals surface area (Å²) in [4.78, 5) is 47.7. The van der Waals surface area contributed by atoms with Crippen LogP contribution >= 0.6 is 22.9 Å². The van der Waals surface area contributed by atoms with E-state index < -0.39 is 12.0 Å². The molecule has 1 fully saturated rings. The van der Waals surface area contributed by atoms with E-state index in [0.717, 1.165) is 0 Å². The number of benzene rings is 3. The van der Waals surface area contributed by atoms with Gasteiger partial charge in [0.1, 0.15) is 11.8 Å². The third-order valence-electron chi connectivity index (χ3n) is 8.06. The highest BCUT2D eigenvalue weighted by Gasteiger charge is 2.37. The highest BCUT2D eigenvalue weighted by Crippen LogP contribution is 2.40. The Morgan fingerprint density at radius 1 is 1.00 bits per heavy atom. The molecular weight excluding hydrogens is 670 g/mol. The van der Waals surface area contributed by atoms with E-state index in [4.69, 9.17) is 40.3 Å². The van der Waals surface area contributed by atoms with E-state index in [0.29, 0.717) is 80.3 Å². The maximum Gasteiger partial charge on any atom is 0.338 e. The molecule has 254 valence electrons. The van der Waals surface area contributed by atoms with Crippen LogP contribution in [-0.2, 0) is 19.1 Å². The minimum absolute atomic E-state index is 0.122. The van der Waals surface area contributed by atoms with Crippen LogP contribution in [0.2, 0.25) is 5.02 Å². The number of carbonyl (C=O) groups excluding carboxylic acids is 2. The summed E-state index contributed by atoms with van der Waals surface area (Å²) in [6.45, 7) is 3.74. The summed E-state index contributed by atoms with van der Waals surface area (Å²) in [6.07, 6.45) is 1.72. The molecule has 13 heteroatoms. The van der Waals surface area contributed by atoms with Gasteiger partial charge in [-0.15, -0.1) is 0 Å². The van der Waals surface area contributed by atoms with Crippen molar-refractivity contribution in [2.45, 2.75) is 13.0 Å². The fraction of sp³-hybridized carbons (Fsp3) is 0.278. The van der Waals surface area contributed by atoms with Crippen molar-refractivity contribution >= 4 is 46.6 Å². The molecule has 3 heterocycles. The van der Waals surface area contributed by atoms with E-state index in [1.807, 2.05) is 30.3 Å². The molecule has 1 saturated heterocycles. The first kappa shape index (κ1) is 34.0. The summed E-state index contributed by atoms with van der Waals surface area (Å²) in [5.74, 6) is 0.473. The molecule has 0 aliphatic carbocycles. The Balaban J connectivity index is 1.46. The molecule has 6 rings (SSSR count). The number of rotatable bonds is 10. The number of carbonyl (C=O) groups is 2. The van der Waals surface area contributed by atoms with Gasteiger partial charge >= 0.3 is 5.97 Å². The minimum atomic E-state index is -0.962. The van der Waals surface area contributed by atoms with Crippen LogP contribution in [0.15, 0.2) is 82.1 Å². The highest BCUT2D eigenvalue weighted by molar-refractivity contribution is 7.07. The lowest BCUT2D eigenvalue weighted by molar-refractivity contribution is -0.139. The molecule has 49 heavy (non-hydrogen) atoms. The molecule has 0 bridgehead atoms. The summed E-state index contributed by atoms with van der Waals surface area (Å²) < 4.78 is 29.8. The average molecular weight is 704 g/mol. The Kier molecular flexibility index (Phi) is 10.5. The highest BCUT2D eigenvalue weighted by atomic mass is 35.5. The second-order valence-electron chi connectivity index (χ2n) is 11.0. The molecule has 0 N–H and O–H groups in total. The quantitative estimate of drug-likeness (QED) is 0.229. The van der Waals surface area contributed by atoms with Gasteiger partial charge in [0.25, 0.3) is 11.5 Å². The first-order valence-electron chi connectivity index (χ1n) is 15.6. The lowest BCUT2D eigenvalue weighted by Gasteiger charge is -2.27. The van der Waals surface area contributed by atoms with Crippen molar-refractivity contribution in [2.24, 2.45) is 4.99 Å². The number of ether oxygens (including phenoxy) is 5. The predicted octanol–water partition coefficient (Wildman–Crippen LogP) is 3.84. The van der Waals surface area contributed by atoms with Gasteiger partial charge < -0.3 is 28.6 Å². The van der Waals surface area contributed by atoms with Crippen LogP contribution in [0.3, 0.4) is 0 Å². The second kappa shape index (κ2) is 15.1. The van der Waals surface area contributed by atoms with Gasteiger partial charge in [-0.25, -0.2) is 9.79 Å². The third kappa shape index (κ3) is 7.12. The van der Waals surface area contributed by atoms with Crippen LogP contribution in [0.5, 0.6) is 17.2 Å². The Morgan fingerprint density at radius 3 is 2.45 bits per heavy atom. The van der Waals surface area contributed by atoms with E-state index in [-0.39, 0.29) is 30.3 Å². The normalized spacial score (nSPS) is 16.1. The van der Waals surface area contributed by atoms with Crippen LogP contribution in [0, 0.1) is 0 Å². The summed E-state index contributed by atoms with van der Waals surface area (Å²) in [5, 5.41) is 0.403. The molecule has 0 saturated carbocycles. The Labute approximate surface area is 291 Å². The standard InChI is InChI=1S/C36H34ClN3O8S/c1-4-47-35(43)31-32(23-8-6-5-7-9-23)38-36-40(33(31)25-20-24(37)11-13-26(25)44-2)34(42)29(49-36)19-22-10-12-27(28(18-22)45-3)48-21-30(41)39-14-16-46-17-15-39/h5-13,18-20,33H,4,14-17,21H2,1-3H3/b29-19-/t33-/m0/s1. The zero-order valence-corrected chi connectivity index (χ0v) is 28.7. The molecule has 1 amide bonds. The topological polar surface area (TPSA) is 118 Å². The number of hydrogen-bond donors (Lipinski definition) is 0. The fourth-order valence-electron chi connectivity index (χ4n) is 5.74. The van der Waals surface area contributed by atoms with Crippen LogP contribution in [0.1, 0.15) is 29.7 Å². The molecule has 0 unspecified atom stereocenters. The number of thiazole rings is 1. The fourth-order valence-corrected chi connectivity index (χ4v) is 6.92. The largest absolute Gasteiger partial charge is 0.496 e. The monoisotopic (exact) mass is 703 g/mol. The number of halogens is 1. The predicted molar refractivity (Wildman–Crippen MR) is 185 cm³/mol. The minimum Gasteiger partial charge on any atom is -0.496 e. The SMILES string of the molecule is CCOC(=O)C1=C(c2ccccc2)N=c2s/c(=C\c3ccc(OCC(=O)N4CCOCC4)c(OC)c3)c(=O)n2[C@H]1c1cc(Cl)ccc1OC. The number of morpholine rings is 1. The molecule has 3 aromatic carbocycles. The number of methoxy groups -OCH3 is 2. The molecule has 2 aliphatic heterocycles. The summed E-state index contributed by atoms with van der Waals surface area (Å²) in [5.41, 5.74) is 2.03. The summed E-state index contributed by atoms with van der Waals surface area (Å²) in [6, 6.07) is 18.6. The summed E-state index contributed by atoms with van der Waals surface area (Å²) >= 11 is 7.67. The van der Waals surface area contributed by atoms with Crippen molar-refractivity contribution in [3.05, 3.63) is 114 Å². The van der Waals surface area contributed by atoms with Gasteiger partial charge in [-0.1, -0.05) is 59.3 Å². The van der Waals surface area contributed by atoms with Crippen LogP contribution in [-0.4, -0.2) is 75.1 Å². The Hall–Kier alpha value is -4.91. The van der Waals surface area contributed by atoms with E-state index in [1.54, 1.807) is 54.3 Å². The zero-order chi connectivity index (χ0) is 34.5. The number of amides is 1. The van der Waals surface area contributed by atoms with Crippen molar-refractivity contribution in [2.75, 3.05) is 53.7 Å². The number of nitrogens with zero attached hydrogens (tertiary/aromatic N) is 3. The zero-order valence-electron chi connectivity index (χ0n) is 27.1. The lowest BCUT2D eigenvalue weighted by atomic mass is 9.92.